The molecule has 2 aromatic heterocycles. The second-order valence-electron chi connectivity index (χ2n) is 7.02. The summed E-state index contributed by atoms with van der Waals surface area (Å²) in [4.78, 5) is 10.8. The van der Waals surface area contributed by atoms with Gasteiger partial charge in [0.1, 0.15) is 0 Å². The van der Waals surface area contributed by atoms with Crippen LogP contribution < -0.4 is 4.72 Å². The van der Waals surface area contributed by atoms with Crippen LogP contribution in [0.15, 0.2) is 58.2 Å². The Morgan fingerprint density at radius 2 is 2.00 bits per heavy atom. The number of benzene rings is 1. The van der Waals surface area contributed by atoms with Crippen molar-refractivity contribution >= 4 is 10.0 Å². The molecule has 0 amide bonds. The minimum Gasteiger partial charge on any atom is -0.337 e. The van der Waals surface area contributed by atoms with Crippen LogP contribution >= 0.6 is 0 Å². The monoisotopic (exact) mass is 399 g/mol. The number of likely N-dealkylation sites (N-methyl/N-ethyl adjacent to an activating group) is 1. The Hall–Kier alpha value is -2.62. The van der Waals surface area contributed by atoms with Crippen LogP contribution in [0.25, 0.3) is 11.4 Å². The molecule has 3 heterocycles. The second-order valence-corrected chi connectivity index (χ2v) is 8.73. The Bertz CT molecular complexity index is 1050. The first-order chi connectivity index (χ1) is 13.4. The fraction of sp³-hybridized carbons (Fsp3) is 0.316. The number of hydrogen-bond acceptors (Lipinski definition) is 7. The van der Waals surface area contributed by atoms with Gasteiger partial charge in [-0.25, -0.2) is 13.1 Å². The Balaban J connectivity index is 1.48. The van der Waals surface area contributed by atoms with Crippen molar-refractivity contribution in [3.8, 4) is 11.4 Å². The molecule has 146 valence electrons. The van der Waals surface area contributed by atoms with E-state index in [2.05, 4.69) is 19.8 Å². The summed E-state index contributed by atoms with van der Waals surface area (Å²) in [7, 11) is -1.66. The molecule has 0 aliphatic carbocycles. The van der Waals surface area contributed by atoms with Crippen LogP contribution in [0.5, 0.6) is 0 Å². The fourth-order valence-electron chi connectivity index (χ4n) is 3.36. The summed E-state index contributed by atoms with van der Waals surface area (Å²) in [6.45, 7) is 2.48. The molecular weight excluding hydrogens is 378 g/mol. The number of pyridine rings is 1. The van der Waals surface area contributed by atoms with Gasteiger partial charge in [0.2, 0.25) is 21.7 Å². The van der Waals surface area contributed by atoms with Crippen molar-refractivity contribution in [1.82, 2.24) is 24.7 Å². The molecule has 2 atom stereocenters. The summed E-state index contributed by atoms with van der Waals surface area (Å²) in [5.74, 6) is 0.943. The van der Waals surface area contributed by atoms with Crippen molar-refractivity contribution in [2.45, 2.75) is 30.3 Å². The van der Waals surface area contributed by atoms with Crippen molar-refractivity contribution in [3.05, 3.63) is 60.2 Å². The Kier molecular flexibility index (Phi) is 4.96. The van der Waals surface area contributed by atoms with Gasteiger partial charge in [0.15, 0.2) is 0 Å². The summed E-state index contributed by atoms with van der Waals surface area (Å²) in [5.41, 5.74) is 1.79. The molecule has 0 saturated carbocycles. The number of nitrogens with one attached hydrogen (secondary N) is 1. The minimum atomic E-state index is -3.58. The molecule has 1 aromatic carbocycles. The first-order valence-electron chi connectivity index (χ1n) is 8.95. The lowest BCUT2D eigenvalue weighted by Gasteiger charge is -2.14. The van der Waals surface area contributed by atoms with E-state index in [0.29, 0.717) is 24.7 Å². The third kappa shape index (κ3) is 3.82. The van der Waals surface area contributed by atoms with E-state index in [4.69, 9.17) is 4.52 Å². The van der Waals surface area contributed by atoms with Gasteiger partial charge in [-0.2, -0.15) is 4.98 Å². The summed E-state index contributed by atoms with van der Waals surface area (Å²) in [6, 6.07) is 10.1. The average molecular weight is 399 g/mol. The van der Waals surface area contributed by atoms with Crippen LogP contribution in [-0.4, -0.2) is 48.1 Å². The molecule has 0 spiro atoms. The van der Waals surface area contributed by atoms with Gasteiger partial charge in [-0.05, 0) is 44.7 Å². The van der Waals surface area contributed by atoms with Crippen LogP contribution in [0.2, 0.25) is 0 Å². The lowest BCUT2D eigenvalue weighted by atomic mass is 10.2. The van der Waals surface area contributed by atoms with Crippen molar-refractivity contribution in [2.75, 3.05) is 13.6 Å². The van der Waals surface area contributed by atoms with E-state index < -0.39 is 10.0 Å². The molecule has 4 rings (SSSR count). The zero-order chi connectivity index (χ0) is 19.7. The highest BCUT2D eigenvalue weighted by molar-refractivity contribution is 7.89. The Morgan fingerprint density at radius 1 is 1.21 bits per heavy atom. The molecule has 8 nitrogen and oxygen atoms in total. The number of nitrogens with zero attached hydrogens (tertiary/aromatic N) is 4. The third-order valence-corrected chi connectivity index (χ3v) is 6.38. The van der Waals surface area contributed by atoms with E-state index in [1.54, 1.807) is 36.7 Å². The summed E-state index contributed by atoms with van der Waals surface area (Å²) >= 11 is 0. The smallest absolute Gasteiger partial charge is 0.244 e. The molecule has 1 saturated heterocycles. The zero-order valence-corrected chi connectivity index (χ0v) is 16.4. The lowest BCUT2D eigenvalue weighted by Crippen LogP contribution is -2.36. The Labute approximate surface area is 163 Å². The first-order valence-corrected chi connectivity index (χ1v) is 10.4. The predicted molar refractivity (Wildman–Crippen MR) is 103 cm³/mol. The molecule has 0 bridgehead atoms. The maximum atomic E-state index is 12.7. The first kappa shape index (κ1) is 18.7. The number of aromatic nitrogens is 3. The summed E-state index contributed by atoms with van der Waals surface area (Å²) in [5, 5.41) is 4.03. The molecule has 28 heavy (non-hydrogen) atoms. The Morgan fingerprint density at radius 3 is 2.71 bits per heavy atom. The van der Waals surface area contributed by atoms with Crippen molar-refractivity contribution in [2.24, 2.45) is 0 Å². The predicted octanol–water partition coefficient (Wildman–Crippen LogP) is 2.16. The summed E-state index contributed by atoms with van der Waals surface area (Å²) in [6.07, 6.45) is 3.90. The van der Waals surface area contributed by atoms with Crippen molar-refractivity contribution in [3.63, 3.8) is 0 Å². The zero-order valence-electron chi connectivity index (χ0n) is 15.6. The van der Waals surface area contributed by atoms with Gasteiger partial charge in [0, 0.05) is 30.5 Å². The van der Waals surface area contributed by atoms with E-state index >= 15 is 0 Å². The third-order valence-electron chi connectivity index (χ3n) is 4.85. The highest BCUT2D eigenvalue weighted by Crippen LogP contribution is 2.31. The van der Waals surface area contributed by atoms with Gasteiger partial charge in [0.25, 0.3) is 0 Å². The van der Waals surface area contributed by atoms with E-state index in [1.807, 2.05) is 31.0 Å². The van der Waals surface area contributed by atoms with Gasteiger partial charge >= 0.3 is 0 Å². The maximum absolute atomic E-state index is 12.7. The van der Waals surface area contributed by atoms with Gasteiger partial charge in [-0.15, -0.1) is 0 Å². The van der Waals surface area contributed by atoms with Gasteiger partial charge < -0.3 is 4.52 Å². The second kappa shape index (κ2) is 7.42. The van der Waals surface area contributed by atoms with Crippen LogP contribution in [0.4, 0.5) is 0 Å². The highest BCUT2D eigenvalue weighted by Gasteiger charge is 2.36. The van der Waals surface area contributed by atoms with Crippen LogP contribution in [0.3, 0.4) is 0 Å². The number of aryl methyl sites for hydroxylation is 1. The number of hydrogen-bond donors (Lipinski definition) is 1. The quantitative estimate of drug-likeness (QED) is 0.701. The van der Waals surface area contributed by atoms with E-state index in [1.165, 1.54) is 0 Å². The van der Waals surface area contributed by atoms with Gasteiger partial charge in [-0.1, -0.05) is 22.9 Å². The topological polar surface area (TPSA) is 101 Å². The largest absolute Gasteiger partial charge is 0.337 e. The molecule has 1 aliphatic rings. The van der Waals surface area contributed by atoms with Crippen LogP contribution in [-0.2, 0) is 10.0 Å². The molecule has 1 fully saturated rings. The SMILES string of the molecule is Cc1ccc(S(=O)(=O)N[C@@H]2C[C@@H](c3nc(-c4cccnc4)no3)N(C)C2)cc1. The normalized spacial score (nSPS) is 20.5. The number of likely N-dealkylation sites (tertiary alicyclic amines) is 1. The minimum absolute atomic E-state index is 0.149. The maximum Gasteiger partial charge on any atom is 0.244 e. The van der Waals surface area contributed by atoms with Crippen molar-refractivity contribution < 1.29 is 12.9 Å². The van der Waals surface area contributed by atoms with Crippen LogP contribution in [0.1, 0.15) is 23.9 Å². The lowest BCUT2D eigenvalue weighted by molar-refractivity contribution is 0.244. The molecule has 9 heteroatoms. The molecule has 0 unspecified atom stereocenters. The van der Waals surface area contributed by atoms with Gasteiger partial charge in [-0.3, -0.25) is 9.88 Å². The summed E-state index contributed by atoms with van der Waals surface area (Å²) < 4.78 is 33.5. The van der Waals surface area contributed by atoms with Crippen molar-refractivity contribution in [1.29, 1.82) is 0 Å². The number of sulfonamides is 1. The molecule has 0 radical (unpaired) electrons. The van der Waals surface area contributed by atoms with E-state index in [9.17, 15) is 8.42 Å². The molecular formula is C19H21N5O3S. The average Bonchev–Trinajstić information content (AvgIpc) is 3.29. The fourth-order valence-corrected chi connectivity index (χ4v) is 4.60. The standard InChI is InChI=1S/C19H21N5O3S/c1-13-5-7-16(8-6-13)28(25,26)23-15-10-17(24(2)12-15)19-21-18(22-27-19)14-4-3-9-20-11-14/h3-9,11,15,17,23H,10,12H2,1-2H3/t15-,17+/m1/s1. The highest BCUT2D eigenvalue weighted by atomic mass is 32.2. The van der Waals surface area contributed by atoms with Crippen LogP contribution in [0, 0.1) is 6.92 Å². The number of rotatable bonds is 5. The molecule has 3 aromatic rings. The molecule has 1 aliphatic heterocycles. The van der Waals surface area contributed by atoms with Gasteiger partial charge in [0.05, 0.1) is 10.9 Å². The van der Waals surface area contributed by atoms with E-state index in [0.717, 1.165) is 11.1 Å². The van der Waals surface area contributed by atoms with E-state index in [-0.39, 0.29) is 17.0 Å². The molecule has 1 N–H and O–H groups in total.